The van der Waals surface area contributed by atoms with Crippen LogP contribution < -0.4 is 5.32 Å². The third kappa shape index (κ3) is 6.42. The SMILES string of the molecule is COC(=O)C=CC=CC=Cc1ccc(NC(=O)c2ccc(Cl)cc2)cc1. The molecule has 26 heavy (non-hydrogen) atoms. The molecule has 132 valence electrons. The molecule has 2 rings (SSSR count). The number of benzene rings is 2. The molecule has 4 nitrogen and oxygen atoms in total. The van der Waals surface area contributed by atoms with Crippen LogP contribution in [0.2, 0.25) is 5.02 Å². The highest BCUT2D eigenvalue weighted by Gasteiger charge is 2.05. The van der Waals surface area contributed by atoms with E-state index in [9.17, 15) is 9.59 Å². The lowest BCUT2D eigenvalue weighted by molar-refractivity contribution is -0.134. The fourth-order valence-corrected chi connectivity index (χ4v) is 2.11. The lowest BCUT2D eigenvalue weighted by Crippen LogP contribution is -2.11. The van der Waals surface area contributed by atoms with Crippen molar-refractivity contribution in [2.75, 3.05) is 12.4 Å². The minimum atomic E-state index is -0.394. The second-order valence-corrected chi connectivity index (χ2v) is 5.65. The normalized spacial score (nSPS) is 11.3. The third-order valence-corrected chi connectivity index (χ3v) is 3.58. The molecule has 2 aromatic carbocycles. The lowest BCUT2D eigenvalue weighted by atomic mass is 10.1. The van der Waals surface area contributed by atoms with Gasteiger partial charge in [0.2, 0.25) is 0 Å². The first-order valence-electron chi connectivity index (χ1n) is 7.85. The van der Waals surface area contributed by atoms with Gasteiger partial charge in [-0.1, -0.05) is 54.1 Å². The van der Waals surface area contributed by atoms with Crippen LogP contribution in [0.3, 0.4) is 0 Å². The minimum absolute atomic E-state index is 0.190. The molecule has 0 fully saturated rings. The average Bonchev–Trinajstić information content (AvgIpc) is 2.66. The Bertz CT molecular complexity index is 835. The highest BCUT2D eigenvalue weighted by atomic mass is 35.5. The topological polar surface area (TPSA) is 55.4 Å². The van der Waals surface area contributed by atoms with E-state index in [2.05, 4.69) is 10.1 Å². The zero-order chi connectivity index (χ0) is 18.8. The summed E-state index contributed by atoms with van der Waals surface area (Å²) >= 11 is 5.82. The van der Waals surface area contributed by atoms with Gasteiger partial charge in [-0.25, -0.2) is 4.79 Å². The van der Waals surface area contributed by atoms with Crippen molar-refractivity contribution < 1.29 is 14.3 Å². The Morgan fingerprint density at radius 1 is 0.923 bits per heavy atom. The van der Waals surface area contributed by atoms with Crippen molar-refractivity contribution >= 4 is 35.2 Å². The van der Waals surface area contributed by atoms with Crippen LogP contribution in [0.15, 0.2) is 78.9 Å². The number of carbonyl (C=O) groups is 2. The van der Waals surface area contributed by atoms with Gasteiger partial charge in [-0.15, -0.1) is 0 Å². The molecule has 0 aliphatic heterocycles. The number of esters is 1. The molecule has 0 heterocycles. The summed E-state index contributed by atoms with van der Waals surface area (Å²) in [4.78, 5) is 23.0. The van der Waals surface area contributed by atoms with Gasteiger partial charge in [-0.3, -0.25) is 4.79 Å². The number of carbonyl (C=O) groups excluding carboxylic acids is 2. The quantitative estimate of drug-likeness (QED) is 0.449. The number of hydrogen-bond acceptors (Lipinski definition) is 3. The summed E-state index contributed by atoms with van der Waals surface area (Å²) in [7, 11) is 1.33. The molecule has 0 saturated carbocycles. The summed E-state index contributed by atoms with van der Waals surface area (Å²) in [5.74, 6) is -0.583. The zero-order valence-electron chi connectivity index (χ0n) is 14.2. The zero-order valence-corrected chi connectivity index (χ0v) is 14.9. The van der Waals surface area contributed by atoms with E-state index < -0.39 is 5.97 Å². The number of anilines is 1. The first-order chi connectivity index (χ1) is 12.6. The molecule has 0 aromatic heterocycles. The molecule has 0 unspecified atom stereocenters. The number of ether oxygens (including phenoxy) is 1. The van der Waals surface area contributed by atoms with Crippen molar-refractivity contribution in [1.29, 1.82) is 0 Å². The molecule has 2 aromatic rings. The largest absolute Gasteiger partial charge is 0.466 e. The first kappa shape index (κ1) is 19.2. The van der Waals surface area contributed by atoms with Crippen LogP contribution in [-0.4, -0.2) is 19.0 Å². The van der Waals surface area contributed by atoms with Gasteiger partial charge in [0.05, 0.1) is 7.11 Å². The maximum atomic E-state index is 12.1. The van der Waals surface area contributed by atoms with Crippen molar-refractivity contribution in [2.45, 2.75) is 0 Å². The van der Waals surface area contributed by atoms with Gasteiger partial charge in [0.1, 0.15) is 0 Å². The van der Waals surface area contributed by atoms with Crippen LogP contribution in [0.4, 0.5) is 5.69 Å². The van der Waals surface area contributed by atoms with Crippen LogP contribution in [0, 0.1) is 0 Å². The van der Waals surface area contributed by atoms with E-state index in [4.69, 9.17) is 11.6 Å². The Balaban J connectivity index is 1.89. The van der Waals surface area contributed by atoms with Crippen molar-refractivity contribution in [2.24, 2.45) is 0 Å². The summed E-state index contributed by atoms with van der Waals surface area (Å²) in [6, 6.07) is 14.2. The van der Waals surface area contributed by atoms with Crippen molar-refractivity contribution in [3.63, 3.8) is 0 Å². The van der Waals surface area contributed by atoms with E-state index in [1.165, 1.54) is 13.2 Å². The lowest BCUT2D eigenvalue weighted by Gasteiger charge is -2.05. The summed E-state index contributed by atoms with van der Waals surface area (Å²) in [6.07, 6.45) is 10.2. The Morgan fingerprint density at radius 3 is 2.23 bits per heavy atom. The van der Waals surface area contributed by atoms with Crippen LogP contribution in [0.5, 0.6) is 0 Å². The molecular weight excluding hydrogens is 350 g/mol. The molecule has 1 N–H and O–H groups in total. The fraction of sp³-hybridized carbons (Fsp3) is 0.0476. The maximum absolute atomic E-state index is 12.1. The van der Waals surface area contributed by atoms with Crippen molar-refractivity contribution in [3.8, 4) is 0 Å². The van der Waals surface area contributed by atoms with Crippen LogP contribution in [0.25, 0.3) is 6.08 Å². The van der Waals surface area contributed by atoms with Crippen LogP contribution >= 0.6 is 11.6 Å². The average molecular weight is 368 g/mol. The van der Waals surface area contributed by atoms with Gasteiger partial charge >= 0.3 is 5.97 Å². The summed E-state index contributed by atoms with van der Waals surface area (Å²) in [5.41, 5.74) is 2.23. The van der Waals surface area contributed by atoms with Crippen molar-refractivity contribution in [1.82, 2.24) is 0 Å². The monoisotopic (exact) mass is 367 g/mol. The summed E-state index contributed by atoms with van der Waals surface area (Å²) in [5, 5.41) is 3.42. The number of hydrogen-bond donors (Lipinski definition) is 1. The van der Waals surface area contributed by atoms with Gasteiger partial charge in [0, 0.05) is 22.3 Å². The Hall–Kier alpha value is -3.11. The van der Waals surface area contributed by atoms with Gasteiger partial charge in [-0.2, -0.15) is 0 Å². The highest BCUT2D eigenvalue weighted by Crippen LogP contribution is 2.14. The molecule has 0 aliphatic carbocycles. The van der Waals surface area contributed by atoms with Gasteiger partial charge in [-0.05, 0) is 42.0 Å². The van der Waals surface area contributed by atoms with E-state index in [0.29, 0.717) is 16.3 Å². The van der Waals surface area contributed by atoms with Crippen LogP contribution in [-0.2, 0) is 9.53 Å². The molecule has 0 saturated heterocycles. The number of allylic oxidation sites excluding steroid dienone is 4. The van der Waals surface area contributed by atoms with E-state index in [-0.39, 0.29) is 5.91 Å². The Morgan fingerprint density at radius 2 is 1.58 bits per heavy atom. The summed E-state index contributed by atoms with van der Waals surface area (Å²) < 4.78 is 4.48. The second-order valence-electron chi connectivity index (χ2n) is 5.21. The van der Waals surface area contributed by atoms with Crippen LogP contribution in [0.1, 0.15) is 15.9 Å². The van der Waals surface area contributed by atoms with E-state index >= 15 is 0 Å². The van der Waals surface area contributed by atoms with E-state index in [0.717, 1.165) is 5.56 Å². The first-order valence-corrected chi connectivity index (χ1v) is 8.22. The minimum Gasteiger partial charge on any atom is -0.466 e. The molecule has 0 atom stereocenters. The number of amides is 1. The molecule has 0 radical (unpaired) electrons. The standard InChI is InChI=1S/C21H18ClNO3/c1-26-20(24)7-5-3-2-4-6-16-8-14-19(15-9-16)23-21(25)17-10-12-18(22)13-11-17/h2-15H,1H3,(H,23,25). The predicted octanol–water partition coefficient (Wildman–Crippen LogP) is 4.89. The Labute approximate surface area is 157 Å². The molecule has 1 amide bonds. The molecule has 5 heteroatoms. The maximum Gasteiger partial charge on any atom is 0.330 e. The van der Waals surface area contributed by atoms with Crippen molar-refractivity contribution in [3.05, 3.63) is 95.1 Å². The van der Waals surface area contributed by atoms with Gasteiger partial charge in [0.15, 0.2) is 0 Å². The number of halogens is 1. The van der Waals surface area contributed by atoms with E-state index in [1.807, 2.05) is 36.4 Å². The molecule has 0 aliphatic rings. The predicted molar refractivity (Wildman–Crippen MR) is 105 cm³/mol. The molecular formula is C21H18ClNO3. The van der Waals surface area contributed by atoms with Gasteiger partial charge in [0.25, 0.3) is 5.91 Å². The molecule has 0 spiro atoms. The Kier molecular flexibility index (Phi) is 7.40. The van der Waals surface area contributed by atoms with Gasteiger partial charge < -0.3 is 10.1 Å². The fourth-order valence-electron chi connectivity index (χ4n) is 1.98. The summed E-state index contributed by atoms with van der Waals surface area (Å²) in [6.45, 7) is 0. The second kappa shape index (κ2) is 10.0. The highest BCUT2D eigenvalue weighted by molar-refractivity contribution is 6.30. The number of methoxy groups -OCH3 is 1. The third-order valence-electron chi connectivity index (χ3n) is 3.33. The number of nitrogens with one attached hydrogen (secondary N) is 1. The van der Waals surface area contributed by atoms with E-state index in [1.54, 1.807) is 42.5 Å². The smallest absolute Gasteiger partial charge is 0.330 e. The number of rotatable bonds is 6. The molecule has 0 bridgehead atoms.